The van der Waals surface area contributed by atoms with Gasteiger partial charge in [-0.05, 0) is 23.3 Å². The minimum absolute atomic E-state index is 0.0830. The molecule has 14 heteroatoms. The van der Waals surface area contributed by atoms with E-state index in [2.05, 4.69) is 0 Å². The van der Waals surface area contributed by atoms with Gasteiger partial charge in [-0.1, -0.05) is 24.3 Å². The van der Waals surface area contributed by atoms with Crippen LogP contribution in [0, 0.1) is 11.6 Å². The van der Waals surface area contributed by atoms with E-state index in [1.165, 1.54) is 28.7 Å². The van der Waals surface area contributed by atoms with Crippen molar-refractivity contribution < 1.29 is 36.0 Å². The Hall–Kier alpha value is -3.15. The standard InChI is InChI=1S/C25H19F5N3O4PS/c26-15-6-5-12-14(20(15)27)11-39-17-4-2-1-3-13(17)21(12)33-19-10-36-18(25(28,29)30)9-31(19)24(35)22-23(37-38)16(34)7-8-32(22)33/h1-8,18-19,21H,9-11,38H2/t18-,19+,21-/m0/s1. The second kappa shape index (κ2) is 9.50. The third-order valence-corrected chi connectivity index (χ3v) is 8.43. The van der Waals surface area contributed by atoms with Crippen molar-refractivity contribution >= 4 is 27.1 Å². The average molecular weight is 583 g/mol. The minimum atomic E-state index is -4.75. The van der Waals surface area contributed by atoms with Crippen LogP contribution in [0.5, 0.6) is 5.75 Å². The van der Waals surface area contributed by atoms with E-state index in [9.17, 15) is 27.2 Å². The number of rotatable bonds is 2. The number of amides is 1. The van der Waals surface area contributed by atoms with Crippen LogP contribution in [0.15, 0.2) is 58.4 Å². The van der Waals surface area contributed by atoms with Gasteiger partial charge in [0.15, 0.2) is 23.4 Å². The fourth-order valence-corrected chi connectivity index (χ4v) is 6.66. The Labute approximate surface area is 224 Å². The van der Waals surface area contributed by atoms with Gasteiger partial charge in [-0.25, -0.2) is 8.78 Å². The monoisotopic (exact) mass is 583 g/mol. The summed E-state index contributed by atoms with van der Waals surface area (Å²) in [5.41, 5.74) is 0.137. The van der Waals surface area contributed by atoms with Gasteiger partial charge in [0.1, 0.15) is 6.17 Å². The number of thioether (sulfide) groups is 1. The Morgan fingerprint density at radius 3 is 2.56 bits per heavy atom. The number of aromatic nitrogens is 1. The van der Waals surface area contributed by atoms with Crippen LogP contribution in [0.1, 0.15) is 33.2 Å². The largest absolute Gasteiger partial charge is 0.474 e. The molecule has 6 rings (SSSR count). The highest BCUT2D eigenvalue weighted by atomic mass is 32.2. The van der Waals surface area contributed by atoms with Gasteiger partial charge in [0.05, 0.1) is 28.7 Å². The summed E-state index contributed by atoms with van der Waals surface area (Å²) < 4.78 is 82.3. The van der Waals surface area contributed by atoms with Gasteiger partial charge < -0.3 is 14.2 Å². The maximum absolute atomic E-state index is 15.2. The van der Waals surface area contributed by atoms with Crippen LogP contribution in [-0.2, 0) is 10.5 Å². The van der Waals surface area contributed by atoms with Crippen molar-refractivity contribution in [1.82, 2.24) is 9.58 Å². The summed E-state index contributed by atoms with van der Waals surface area (Å²) in [6.45, 7) is -1.37. The quantitative estimate of drug-likeness (QED) is 0.330. The number of carbonyl (C=O) groups excluding carboxylic acids is 1. The van der Waals surface area contributed by atoms with Crippen LogP contribution in [0.4, 0.5) is 22.0 Å². The van der Waals surface area contributed by atoms with Gasteiger partial charge >= 0.3 is 6.18 Å². The second-order valence-corrected chi connectivity index (χ2v) is 10.4. The molecule has 0 N–H and O–H groups in total. The van der Waals surface area contributed by atoms with Crippen LogP contribution in [-0.4, -0.2) is 47.1 Å². The molecule has 3 aliphatic rings. The summed E-state index contributed by atoms with van der Waals surface area (Å²) in [6, 6.07) is 9.79. The number of benzene rings is 2. The van der Waals surface area contributed by atoms with Crippen molar-refractivity contribution in [1.29, 1.82) is 0 Å². The first-order valence-corrected chi connectivity index (χ1v) is 13.2. The number of fused-ring (bicyclic) bond motifs is 4. The predicted molar refractivity (Wildman–Crippen MR) is 134 cm³/mol. The Bertz CT molecular complexity index is 1550. The molecule has 0 radical (unpaired) electrons. The fraction of sp³-hybridized carbons (Fsp3) is 0.280. The molecule has 2 aromatic carbocycles. The van der Waals surface area contributed by atoms with E-state index < -0.39 is 60.6 Å². The van der Waals surface area contributed by atoms with Gasteiger partial charge in [-0.3, -0.25) is 19.3 Å². The molecule has 0 saturated carbocycles. The summed E-state index contributed by atoms with van der Waals surface area (Å²) in [7, 11) is 1.88. The highest BCUT2D eigenvalue weighted by Crippen LogP contribution is 2.45. The van der Waals surface area contributed by atoms with E-state index in [4.69, 9.17) is 9.26 Å². The number of halogens is 5. The van der Waals surface area contributed by atoms with Crippen molar-refractivity contribution in [2.75, 3.05) is 18.2 Å². The molecule has 7 nitrogen and oxygen atoms in total. The normalized spacial score (nSPS) is 22.4. The topological polar surface area (TPSA) is 64.0 Å². The molecule has 39 heavy (non-hydrogen) atoms. The Kier molecular flexibility index (Phi) is 6.35. The Morgan fingerprint density at radius 2 is 1.82 bits per heavy atom. The van der Waals surface area contributed by atoms with E-state index >= 15 is 4.39 Å². The van der Waals surface area contributed by atoms with Crippen molar-refractivity contribution in [2.24, 2.45) is 0 Å². The van der Waals surface area contributed by atoms with Crippen LogP contribution in [0.25, 0.3) is 0 Å². The predicted octanol–water partition coefficient (Wildman–Crippen LogP) is 4.37. The fourth-order valence-electron chi connectivity index (χ4n) is 5.32. The molecule has 4 heterocycles. The van der Waals surface area contributed by atoms with Gasteiger partial charge in [0.2, 0.25) is 11.2 Å². The Balaban J connectivity index is 1.64. The number of alkyl halides is 3. The third kappa shape index (κ3) is 4.09. The first-order chi connectivity index (χ1) is 18.6. The summed E-state index contributed by atoms with van der Waals surface area (Å²) in [4.78, 5) is 28.0. The van der Waals surface area contributed by atoms with E-state index in [0.717, 1.165) is 21.9 Å². The van der Waals surface area contributed by atoms with Crippen LogP contribution in [0.2, 0.25) is 0 Å². The summed E-state index contributed by atoms with van der Waals surface area (Å²) in [5, 5.41) is 1.57. The van der Waals surface area contributed by atoms with Crippen LogP contribution >= 0.6 is 21.2 Å². The molecule has 1 aromatic heterocycles. The molecule has 0 bridgehead atoms. The maximum Gasteiger partial charge on any atom is 0.416 e. The van der Waals surface area contributed by atoms with Gasteiger partial charge in [-0.15, -0.1) is 11.8 Å². The van der Waals surface area contributed by atoms with Crippen molar-refractivity contribution in [2.45, 2.75) is 35.1 Å². The molecule has 4 atom stereocenters. The summed E-state index contributed by atoms with van der Waals surface area (Å²) >= 11 is 1.29. The summed E-state index contributed by atoms with van der Waals surface area (Å²) in [5.74, 6) is -3.21. The van der Waals surface area contributed by atoms with Gasteiger partial charge in [-0.2, -0.15) is 13.2 Å². The lowest BCUT2D eigenvalue weighted by Crippen LogP contribution is -2.68. The lowest BCUT2D eigenvalue weighted by molar-refractivity contribution is -0.241. The number of pyridine rings is 1. The molecule has 0 spiro atoms. The number of ether oxygens (including phenoxy) is 1. The minimum Gasteiger partial charge on any atom is -0.474 e. The zero-order valence-corrected chi connectivity index (χ0v) is 21.8. The highest BCUT2D eigenvalue weighted by molar-refractivity contribution is 7.98. The van der Waals surface area contributed by atoms with E-state index in [1.54, 1.807) is 29.3 Å². The first-order valence-electron chi connectivity index (χ1n) is 11.7. The summed E-state index contributed by atoms with van der Waals surface area (Å²) in [6.07, 6.45) is -6.78. The zero-order chi connectivity index (χ0) is 27.6. The molecule has 1 fully saturated rings. The van der Waals surface area contributed by atoms with E-state index in [-0.39, 0.29) is 22.8 Å². The number of carbonyl (C=O) groups is 1. The molecule has 1 amide bonds. The van der Waals surface area contributed by atoms with Crippen molar-refractivity contribution in [3.63, 3.8) is 0 Å². The molecule has 3 aromatic rings. The number of hydrogen-bond acceptors (Lipinski definition) is 6. The van der Waals surface area contributed by atoms with Gasteiger partial charge in [0, 0.05) is 28.5 Å². The van der Waals surface area contributed by atoms with Crippen LogP contribution < -0.4 is 15.0 Å². The van der Waals surface area contributed by atoms with Crippen LogP contribution in [0.3, 0.4) is 0 Å². The lowest BCUT2D eigenvalue weighted by atomic mass is 9.93. The number of hydrogen-bond donors (Lipinski definition) is 0. The Morgan fingerprint density at radius 1 is 1.05 bits per heavy atom. The molecule has 1 unspecified atom stereocenters. The number of morpholine rings is 1. The molecular formula is C25H19F5N3O4PS. The smallest absolute Gasteiger partial charge is 0.416 e. The average Bonchev–Trinajstić information content (AvgIpc) is 3.08. The van der Waals surface area contributed by atoms with E-state index in [1.807, 2.05) is 9.47 Å². The maximum atomic E-state index is 15.2. The van der Waals surface area contributed by atoms with Crippen molar-refractivity contribution in [3.05, 3.63) is 92.9 Å². The number of nitrogens with zero attached hydrogens (tertiary/aromatic N) is 3. The molecule has 1 saturated heterocycles. The molecule has 3 aliphatic heterocycles. The highest BCUT2D eigenvalue weighted by Gasteiger charge is 2.52. The lowest BCUT2D eigenvalue weighted by Gasteiger charge is -2.52. The SMILES string of the molecule is O=C1c2c(OP)c(=O)ccn2N([C@@H]2c3ccccc3SCc3c2ccc(F)c3F)[C@@H]2CO[C@H](C(F)(F)F)CN12. The van der Waals surface area contributed by atoms with Gasteiger partial charge in [0.25, 0.3) is 5.91 Å². The van der Waals surface area contributed by atoms with Crippen molar-refractivity contribution in [3.8, 4) is 5.75 Å². The third-order valence-electron chi connectivity index (χ3n) is 7.08. The first kappa shape index (κ1) is 26.1. The zero-order valence-electron chi connectivity index (χ0n) is 19.8. The molecular weight excluding hydrogens is 564 g/mol. The van der Waals surface area contributed by atoms with E-state index in [0.29, 0.717) is 11.1 Å². The molecule has 0 aliphatic carbocycles. The molecule has 204 valence electrons. The second-order valence-electron chi connectivity index (χ2n) is 9.16.